The van der Waals surface area contributed by atoms with Gasteiger partial charge in [-0.1, -0.05) is 23.2 Å². The van der Waals surface area contributed by atoms with E-state index in [0.29, 0.717) is 32.9 Å². The second-order valence-electron chi connectivity index (χ2n) is 5.93. The summed E-state index contributed by atoms with van der Waals surface area (Å²) in [6.45, 7) is 0. The maximum absolute atomic E-state index is 9.11. The van der Waals surface area contributed by atoms with Gasteiger partial charge < -0.3 is 9.72 Å². The van der Waals surface area contributed by atoms with Gasteiger partial charge in [0, 0.05) is 5.56 Å². The van der Waals surface area contributed by atoms with Crippen molar-refractivity contribution in [3.05, 3.63) is 75.8 Å². The maximum Gasteiger partial charge on any atom is 0.138 e. The number of imidazole rings is 1. The molecule has 0 unspecified atom stereocenters. The van der Waals surface area contributed by atoms with Crippen LogP contribution in [-0.4, -0.2) is 9.97 Å². The normalized spacial score (nSPS) is 10.4. The van der Waals surface area contributed by atoms with Crippen LogP contribution in [0.5, 0.6) is 11.5 Å². The Balaban J connectivity index is 1.59. The molecule has 4 aromatic rings. The second-order valence-corrected chi connectivity index (χ2v) is 6.74. The Morgan fingerprint density at radius 3 is 2.21 bits per heavy atom. The van der Waals surface area contributed by atoms with E-state index >= 15 is 0 Å². The molecule has 5 nitrogen and oxygen atoms in total. The van der Waals surface area contributed by atoms with Crippen LogP contribution in [0.3, 0.4) is 0 Å². The average Bonchev–Trinajstić information content (AvgIpc) is 3.11. The van der Waals surface area contributed by atoms with Crippen LogP contribution in [0.1, 0.15) is 11.1 Å². The quantitative estimate of drug-likeness (QED) is 0.448. The molecule has 28 heavy (non-hydrogen) atoms. The number of nitrogens with zero attached hydrogens (tertiary/aromatic N) is 3. The zero-order valence-corrected chi connectivity index (χ0v) is 15.7. The first-order chi connectivity index (χ1) is 13.6. The molecule has 0 atom stereocenters. The maximum atomic E-state index is 9.11. The van der Waals surface area contributed by atoms with E-state index in [-0.39, 0.29) is 5.56 Å². The number of aromatic nitrogens is 2. The molecule has 134 valence electrons. The van der Waals surface area contributed by atoms with Gasteiger partial charge in [0.25, 0.3) is 0 Å². The number of aromatic amines is 1. The first-order valence-electron chi connectivity index (χ1n) is 8.14. The molecule has 0 amide bonds. The molecular weight excluding hydrogens is 395 g/mol. The molecule has 1 heterocycles. The molecule has 3 aromatic carbocycles. The fourth-order valence-electron chi connectivity index (χ4n) is 2.74. The summed E-state index contributed by atoms with van der Waals surface area (Å²) in [6.07, 6.45) is 0. The Labute approximate surface area is 170 Å². The highest BCUT2D eigenvalue weighted by molar-refractivity contribution is 6.42. The topological polar surface area (TPSA) is 85.5 Å². The Morgan fingerprint density at radius 1 is 0.821 bits per heavy atom. The molecule has 1 N–H and O–H groups in total. The molecule has 0 spiro atoms. The summed E-state index contributed by atoms with van der Waals surface area (Å²) in [5, 5.41) is 19.0. The Hall–Kier alpha value is -3.51. The highest BCUT2D eigenvalue weighted by atomic mass is 35.5. The van der Waals surface area contributed by atoms with Crippen molar-refractivity contribution in [2.75, 3.05) is 0 Å². The van der Waals surface area contributed by atoms with E-state index < -0.39 is 0 Å². The third kappa shape index (κ3) is 3.37. The zero-order chi connectivity index (χ0) is 19.7. The van der Waals surface area contributed by atoms with Crippen molar-refractivity contribution in [3.8, 4) is 35.0 Å². The molecule has 0 saturated carbocycles. The summed E-state index contributed by atoms with van der Waals surface area (Å²) in [7, 11) is 0. The molecule has 1 aromatic heterocycles. The van der Waals surface area contributed by atoms with Crippen molar-refractivity contribution in [2.24, 2.45) is 0 Å². The van der Waals surface area contributed by atoms with Gasteiger partial charge >= 0.3 is 0 Å². The highest BCUT2D eigenvalue weighted by Crippen LogP contribution is 2.30. The Bertz CT molecular complexity index is 1240. The van der Waals surface area contributed by atoms with Crippen LogP contribution in [0.4, 0.5) is 0 Å². The van der Waals surface area contributed by atoms with E-state index in [1.54, 1.807) is 42.5 Å². The van der Waals surface area contributed by atoms with Gasteiger partial charge in [0.15, 0.2) is 0 Å². The standard InChI is InChI=1S/C21H10Cl2N4O/c22-17-8-19-20(9-18(17)23)27-21(26-19)12-1-4-15(5-2-12)28-16-6-3-13(10-24)14(7-16)11-25/h1-9H,(H,26,27). The highest BCUT2D eigenvalue weighted by Gasteiger charge is 2.09. The van der Waals surface area contributed by atoms with E-state index in [1.807, 2.05) is 24.3 Å². The van der Waals surface area contributed by atoms with Crippen molar-refractivity contribution in [3.63, 3.8) is 0 Å². The number of hydrogen-bond acceptors (Lipinski definition) is 4. The number of ether oxygens (including phenoxy) is 1. The molecular formula is C21H10Cl2N4O. The minimum atomic E-state index is 0.274. The number of rotatable bonds is 3. The lowest BCUT2D eigenvalue weighted by Gasteiger charge is -2.07. The largest absolute Gasteiger partial charge is 0.457 e. The molecule has 0 bridgehead atoms. The summed E-state index contributed by atoms with van der Waals surface area (Å²) in [5.41, 5.74) is 2.98. The first-order valence-corrected chi connectivity index (χ1v) is 8.90. The SMILES string of the molecule is N#Cc1ccc(Oc2ccc(-c3nc4cc(Cl)c(Cl)cc4[nH]3)cc2)cc1C#N. The van der Waals surface area contributed by atoms with Gasteiger partial charge in [-0.2, -0.15) is 10.5 Å². The Kier molecular flexibility index (Phi) is 4.63. The van der Waals surface area contributed by atoms with E-state index in [0.717, 1.165) is 16.6 Å². The fourth-order valence-corrected chi connectivity index (χ4v) is 3.06. The molecule has 0 aliphatic heterocycles. The molecule has 0 aliphatic carbocycles. The van der Waals surface area contributed by atoms with Gasteiger partial charge in [0.1, 0.15) is 29.5 Å². The summed E-state index contributed by atoms with van der Waals surface area (Å²) < 4.78 is 5.78. The number of halogens is 2. The van der Waals surface area contributed by atoms with Crippen LogP contribution in [0, 0.1) is 22.7 Å². The van der Waals surface area contributed by atoms with Crippen LogP contribution in [0.2, 0.25) is 10.0 Å². The minimum Gasteiger partial charge on any atom is -0.457 e. The van der Waals surface area contributed by atoms with E-state index in [1.165, 1.54) is 0 Å². The van der Waals surface area contributed by atoms with Gasteiger partial charge in [-0.25, -0.2) is 4.98 Å². The minimum absolute atomic E-state index is 0.274. The summed E-state index contributed by atoms with van der Waals surface area (Å²) in [4.78, 5) is 7.75. The van der Waals surface area contributed by atoms with E-state index in [2.05, 4.69) is 9.97 Å². The first kappa shape index (κ1) is 17.9. The lowest BCUT2D eigenvalue weighted by molar-refractivity contribution is 0.482. The van der Waals surface area contributed by atoms with Crippen LogP contribution in [0.15, 0.2) is 54.6 Å². The van der Waals surface area contributed by atoms with E-state index in [4.69, 9.17) is 38.5 Å². The van der Waals surface area contributed by atoms with Crippen LogP contribution in [-0.2, 0) is 0 Å². The van der Waals surface area contributed by atoms with Gasteiger partial charge in [-0.3, -0.25) is 0 Å². The molecule has 0 aliphatic rings. The Morgan fingerprint density at radius 2 is 1.50 bits per heavy atom. The number of H-pyrrole nitrogens is 1. The van der Waals surface area contributed by atoms with Crippen molar-refractivity contribution >= 4 is 34.2 Å². The smallest absolute Gasteiger partial charge is 0.138 e. The predicted molar refractivity (Wildman–Crippen MR) is 107 cm³/mol. The molecule has 0 radical (unpaired) electrons. The van der Waals surface area contributed by atoms with Crippen molar-refractivity contribution in [1.82, 2.24) is 9.97 Å². The number of nitrogens with one attached hydrogen (secondary N) is 1. The van der Waals surface area contributed by atoms with Gasteiger partial charge in [0.05, 0.1) is 32.2 Å². The lowest BCUT2D eigenvalue weighted by atomic mass is 10.1. The van der Waals surface area contributed by atoms with Crippen molar-refractivity contribution in [2.45, 2.75) is 0 Å². The van der Waals surface area contributed by atoms with Gasteiger partial charge in [-0.05, 0) is 54.6 Å². The van der Waals surface area contributed by atoms with Crippen LogP contribution >= 0.6 is 23.2 Å². The van der Waals surface area contributed by atoms with Gasteiger partial charge in [0.2, 0.25) is 0 Å². The fraction of sp³-hybridized carbons (Fsp3) is 0. The van der Waals surface area contributed by atoms with Crippen molar-refractivity contribution < 1.29 is 4.74 Å². The molecule has 4 rings (SSSR count). The molecule has 7 heteroatoms. The third-order valence-corrected chi connectivity index (χ3v) is 4.84. The summed E-state index contributed by atoms with van der Waals surface area (Å²) >= 11 is 12.1. The number of nitriles is 2. The monoisotopic (exact) mass is 404 g/mol. The number of hydrogen-bond donors (Lipinski definition) is 1. The van der Waals surface area contributed by atoms with Crippen molar-refractivity contribution in [1.29, 1.82) is 10.5 Å². The number of benzene rings is 3. The second kappa shape index (κ2) is 7.25. The zero-order valence-electron chi connectivity index (χ0n) is 14.2. The molecule has 0 fully saturated rings. The number of fused-ring (bicyclic) bond motifs is 1. The van der Waals surface area contributed by atoms with Crippen LogP contribution < -0.4 is 4.74 Å². The van der Waals surface area contributed by atoms with E-state index in [9.17, 15) is 0 Å². The third-order valence-electron chi connectivity index (χ3n) is 4.12. The summed E-state index contributed by atoms with van der Waals surface area (Å²) in [5.74, 6) is 1.76. The van der Waals surface area contributed by atoms with Crippen LogP contribution in [0.25, 0.3) is 22.4 Å². The average molecular weight is 405 g/mol. The van der Waals surface area contributed by atoms with Gasteiger partial charge in [-0.15, -0.1) is 0 Å². The lowest BCUT2D eigenvalue weighted by Crippen LogP contribution is -1.89. The predicted octanol–water partition coefficient (Wildman–Crippen LogP) is 6.07. The summed E-state index contributed by atoms with van der Waals surface area (Å²) in [6, 6.07) is 19.5. The molecule has 0 saturated heterocycles.